The summed E-state index contributed by atoms with van der Waals surface area (Å²) in [5.41, 5.74) is 6.52. The Kier molecular flexibility index (Phi) is 2.26. The minimum absolute atomic E-state index is 0.0951. The van der Waals surface area contributed by atoms with Crippen LogP contribution in [0.5, 0.6) is 0 Å². The van der Waals surface area contributed by atoms with Gasteiger partial charge in [-0.2, -0.15) is 0 Å². The molecule has 0 spiro atoms. The molecule has 1 unspecified atom stereocenters. The molecule has 1 atom stereocenters. The molecule has 1 aromatic heterocycles. The fraction of sp³-hybridized carbons (Fsp3) is 0.444. The van der Waals surface area contributed by atoms with Crippen molar-refractivity contribution in [2.24, 2.45) is 5.73 Å². The van der Waals surface area contributed by atoms with Crippen molar-refractivity contribution in [2.45, 2.75) is 25.5 Å². The average Bonchev–Trinajstić information content (AvgIpc) is 2.16. The first-order chi connectivity index (χ1) is 6.70. The van der Waals surface area contributed by atoms with E-state index in [1.807, 2.05) is 0 Å². The maximum absolute atomic E-state index is 11.4. The van der Waals surface area contributed by atoms with E-state index in [1.54, 1.807) is 0 Å². The molecule has 2 rings (SSSR count). The SMILES string of the molecule is NCc1ncc2c(n1)CC(O)CC2=O. The smallest absolute Gasteiger partial charge is 0.168 e. The lowest BCUT2D eigenvalue weighted by atomic mass is 9.94. The van der Waals surface area contributed by atoms with Crippen molar-refractivity contribution in [1.82, 2.24) is 9.97 Å². The number of hydrogen-bond acceptors (Lipinski definition) is 5. The molecular formula is C9H11N3O2. The summed E-state index contributed by atoms with van der Waals surface area (Å²) in [7, 11) is 0. The van der Waals surface area contributed by atoms with Crippen molar-refractivity contribution in [3.8, 4) is 0 Å². The topological polar surface area (TPSA) is 89.1 Å². The molecule has 0 saturated heterocycles. The Hall–Kier alpha value is -1.33. The van der Waals surface area contributed by atoms with Crippen LogP contribution in [0.1, 0.15) is 28.3 Å². The number of rotatable bonds is 1. The van der Waals surface area contributed by atoms with E-state index in [4.69, 9.17) is 5.73 Å². The van der Waals surface area contributed by atoms with Crippen LogP contribution in [0.3, 0.4) is 0 Å². The Morgan fingerprint density at radius 2 is 2.36 bits per heavy atom. The largest absolute Gasteiger partial charge is 0.392 e. The molecule has 14 heavy (non-hydrogen) atoms. The third-order valence-corrected chi connectivity index (χ3v) is 2.25. The van der Waals surface area contributed by atoms with Gasteiger partial charge in [-0.15, -0.1) is 0 Å². The third kappa shape index (κ3) is 1.51. The van der Waals surface area contributed by atoms with Crippen molar-refractivity contribution >= 4 is 5.78 Å². The molecule has 3 N–H and O–H groups in total. The minimum Gasteiger partial charge on any atom is -0.392 e. The molecule has 74 valence electrons. The number of aliphatic hydroxyl groups excluding tert-OH is 1. The van der Waals surface area contributed by atoms with Gasteiger partial charge in [0.15, 0.2) is 5.78 Å². The molecule has 0 saturated carbocycles. The highest BCUT2D eigenvalue weighted by Gasteiger charge is 2.25. The standard InChI is InChI=1S/C9H11N3O2/c10-3-9-11-4-6-7(12-9)1-5(13)2-8(6)14/h4-5,13H,1-3,10H2. The molecule has 1 aliphatic carbocycles. The highest BCUT2D eigenvalue weighted by atomic mass is 16.3. The van der Waals surface area contributed by atoms with Crippen molar-refractivity contribution in [1.29, 1.82) is 0 Å². The molecule has 0 aliphatic heterocycles. The quantitative estimate of drug-likeness (QED) is 0.623. The van der Waals surface area contributed by atoms with Gasteiger partial charge in [0, 0.05) is 19.0 Å². The lowest BCUT2D eigenvalue weighted by molar-refractivity contribution is 0.0849. The van der Waals surface area contributed by atoms with Crippen LogP contribution in [0.15, 0.2) is 6.20 Å². The number of ketones is 1. The molecule has 5 heteroatoms. The lowest BCUT2D eigenvalue weighted by Gasteiger charge is -2.18. The van der Waals surface area contributed by atoms with E-state index in [1.165, 1.54) is 6.20 Å². The van der Waals surface area contributed by atoms with Crippen molar-refractivity contribution < 1.29 is 9.90 Å². The zero-order valence-electron chi connectivity index (χ0n) is 7.60. The molecule has 0 bridgehead atoms. The van der Waals surface area contributed by atoms with E-state index < -0.39 is 6.10 Å². The van der Waals surface area contributed by atoms with Gasteiger partial charge in [-0.05, 0) is 0 Å². The molecule has 1 aliphatic rings. The highest BCUT2D eigenvalue weighted by molar-refractivity contribution is 5.98. The van der Waals surface area contributed by atoms with E-state index in [0.29, 0.717) is 23.5 Å². The second kappa shape index (κ2) is 3.43. The number of nitrogens with two attached hydrogens (primary N) is 1. The maximum Gasteiger partial charge on any atom is 0.168 e. The first-order valence-electron chi connectivity index (χ1n) is 4.47. The molecule has 5 nitrogen and oxygen atoms in total. The molecular weight excluding hydrogens is 182 g/mol. The zero-order valence-corrected chi connectivity index (χ0v) is 7.60. The fourth-order valence-corrected chi connectivity index (χ4v) is 1.56. The molecule has 1 aromatic rings. The van der Waals surface area contributed by atoms with Crippen molar-refractivity contribution in [3.05, 3.63) is 23.3 Å². The third-order valence-electron chi connectivity index (χ3n) is 2.25. The Morgan fingerprint density at radius 1 is 1.57 bits per heavy atom. The first-order valence-corrected chi connectivity index (χ1v) is 4.47. The molecule has 1 heterocycles. The van der Waals surface area contributed by atoms with E-state index in [2.05, 4.69) is 9.97 Å². The Morgan fingerprint density at radius 3 is 3.07 bits per heavy atom. The summed E-state index contributed by atoms with van der Waals surface area (Å²) in [6, 6.07) is 0. The number of fused-ring (bicyclic) bond motifs is 1. The molecule has 0 fully saturated rings. The van der Waals surface area contributed by atoms with Crippen molar-refractivity contribution in [3.63, 3.8) is 0 Å². The summed E-state index contributed by atoms with van der Waals surface area (Å²) in [5, 5.41) is 9.38. The summed E-state index contributed by atoms with van der Waals surface area (Å²) < 4.78 is 0. The number of aromatic nitrogens is 2. The van der Waals surface area contributed by atoms with Gasteiger partial charge in [0.1, 0.15) is 5.82 Å². The van der Waals surface area contributed by atoms with Crippen LogP contribution >= 0.6 is 0 Å². The molecule has 0 amide bonds. The number of hydrogen-bond donors (Lipinski definition) is 2. The molecule has 0 aromatic carbocycles. The van der Waals surface area contributed by atoms with Crippen LogP contribution in [-0.2, 0) is 13.0 Å². The summed E-state index contributed by atoms with van der Waals surface area (Å²) >= 11 is 0. The first kappa shape index (κ1) is 9.23. The number of Topliss-reactive ketones (excluding diaryl/α,β-unsaturated/α-hetero) is 1. The van der Waals surface area contributed by atoms with Gasteiger partial charge >= 0.3 is 0 Å². The highest BCUT2D eigenvalue weighted by Crippen LogP contribution is 2.18. The average molecular weight is 193 g/mol. The number of carbonyl (C=O) groups excluding carboxylic acids is 1. The van der Waals surface area contributed by atoms with Gasteiger partial charge in [-0.1, -0.05) is 0 Å². The molecule has 0 radical (unpaired) electrons. The van der Waals surface area contributed by atoms with Crippen LogP contribution in [-0.4, -0.2) is 27.0 Å². The Bertz CT molecular complexity index is 378. The van der Waals surface area contributed by atoms with E-state index in [9.17, 15) is 9.90 Å². The number of carbonyl (C=O) groups is 1. The summed E-state index contributed by atoms with van der Waals surface area (Å²) in [6.07, 6.45) is 1.46. The summed E-state index contributed by atoms with van der Waals surface area (Å²) in [5.74, 6) is 0.410. The van der Waals surface area contributed by atoms with Crippen molar-refractivity contribution in [2.75, 3.05) is 0 Å². The van der Waals surface area contributed by atoms with Gasteiger partial charge in [0.05, 0.1) is 23.9 Å². The number of aliphatic hydroxyl groups is 1. The number of nitrogens with zero attached hydrogens (tertiary/aromatic N) is 2. The fourth-order valence-electron chi connectivity index (χ4n) is 1.56. The zero-order chi connectivity index (χ0) is 10.1. The maximum atomic E-state index is 11.4. The van der Waals surface area contributed by atoms with Crippen LogP contribution in [0, 0.1) is 0 Å². The second-order valence-corrected chi connectivity index (χ2v) is 3.34. The van der Waals surface area contributed by atoms with Crippen LogP contribution in [0.2, 0.25) is 0 Å². The minimum atomic E-state index is -0.615. The monoisotopic (exact) mass is 193 g/mol. The van der Waals surface area contributed by atoms with Crippen LogP contribution in [0.25, 0.3) is 0 Å². The van der Waals surface area contributed by atoms with Gasteiger partial charge in [0.25, 0.3) is 0 Å². The summed E-state index contributed by atoms with van der Waals surface area (Å²) in [6.45, 7) is 0.248. The normalized spacial score (nSPS) is 20.7. The van der Waals surface area contributed by atoms with Gasteiger partial charge in [-0.3, -0.25) is 4.79 Å². The Labute approximate surface area is 81.0 Å². The van der Waals surface area contributed by atoms with Crippen LogP contribution < -0.4 is 5.73 Å². The van der Waals surface area contributed by atoms with E-state index in [-0.39, 0.29) is 18.7 Å². The van der Waals surface area contributed by atoms with Gasteiger partial charge in [0.2, 0.25) is 0 Å². The van der Waals surface area contributed by atoms with Gasteiger partial charge in [-0.25, -0.2) is 9.97 Å². The summed E-state index contributed by atoms with van der Waals surface area (Å²) in [4.78, 5) is 19.5. The predicted molar refractivity (Wildman–Crippen MR) is 48.6 cm³/mol. The Balaban J connectivity index is 2.44. The second-order valence-electron chi connectivity index (χ2n) is 3.34. The predicted octanol–water partition coefficient (Wildman–Crippen LogP) is -0.575. The lowest BCUT2D eigenvalue weighted by Crippen LogP contribution is -2.26. The van der Waals surface area contributed by atoms with Crippen LogP contribution in [0.4, 0.5) is 0 Å². The van der Waals surface area contributed by atoms with Gasteiger partial charge < -0.3 is 10.8 Å². The van der Waals surface area contributed by atoms with E-state index >= 15 is 0 Å². The van der Waals surface area contributed by atoms with E-state index in [0.717, 1.165) is 0 Å².